The Labute approximate surface area is 171 Å². The van der Waals surface area contributed by atoms with Gasteiger partial charge >= 0.3 is 6.36 Å². The van der Waals surface area contributed by atoms with Gasteiger partial charge in [-0.05, 0) is 60.2 Å². The molecule has 154 valence electrons. The molecule has 8 heteroatoms. The van der Waals surface area contributed by atoms with E-state index in [2.05, 4.69) is 16.9 Å². The average molecular weight is 423 g/mol. The summed E-state index contributed by atoms with van der Waals surface area (Å²) in [6.45, 7) is 0.309. The molecule has 0 bridgehead atoms. The lowest BCUT2D eigenvalue weighted by molar-refractivity contribution is -0.274. The van der Waals surface area contributed by atoms with E-state index in [4.69, 9.17) is 4.74 Å². The van der Waals surface area contributed by atoms with E-state index in [1.165, 1.54) is 35.0 Å². The van der Waals surface area contributed by atoms with Gasteiger partial charge in [-0.3, -0.25) is 4.79 Å². The summed E-state index contributed by atoms with van der Waals surface area (Å²) in [7, 11) is 1.63. The predicted molar refractivity (Wildman–Crippen MR) is 104 cm³/mol. The van der Waals surface area contributed by atoms with Crippen molar-refractivity contribution in [1.29, 1.82) is 0 Å². The smallest absolute Gasteiger partial charge is 0.496 e. The van der Waals surface area contributed by atoms with E-state index in [0.717, 1.165) is 36.1 Å². The molecule has 29 heavy (non-hydrogen) atoms. The molecule has 1 saturated heterocycles. The van der Waals surface area contributed by atoms with Crippen LogP contribution in [0.4, 0.5) is 13.2 Å². The molecule has 2 aromatic carbocycles. The van der Waals surface area contributed by atoms with Crippen LogP contribution in [0.25, 0.3) is 0 Å². The minimum atomic E-state index is -4.72. The number of halogens is 3. The van der Waals surface area contributed by atoms with Crippen LogP contribution < -0.4 is 9.47 Å². The molecule has 0 radical (unpaired) electrons. The second kappa shape index (κ2) is 7.82. The van der Waals surface area contributed by atoms with E-state index >= 15 is 0 Å². The van der Waals surface area contributed by atoms with E-state index in [0.29, 0.717) is 12.3 Å². The van der Waals surface area contributed by atoms with Gasteiger partial charge in [0.25, 0.3) is 0 Å². The second-order valence-corrected chi connectivity index (χ2v) is 8.16. The molecule has 1 amide bonds. The Kier molecular flexibility index (Phi) is 5.38. The number of hydrogen-bond acceptors (Lipinski definition) is 4. The Morgan fingerprint density at radius 1 is 1.14 bits per heavy atom. The number of aryl methyl sites for hydroxylation is 2. The van der Waals surface area contributed by atoms with E-state index < -0.39 is 6.36 Å². The van der Waals surface area contributed by atoms with Gasteiger partial charge in [0.1, 0.15) is 16.9 Å². The number of fused-ring (bicyclic) bond motifs is 1. The molecular weight excluding hydrogens is 403 g/mol. The van der Waals surface area contributed by atoms with Crippen LogP contribution in [0.15, 0.2) is 36.4 Å². The van der Waals surface area contributed by atoms with Crippen molar-refractivity contribution in [1.82, 2.24) is 4.90 Å². The molecule has 1 aliphatic heterocycles. The lowest BCUT2D eigenvalue weighted by Crippen LogP contribution is -2.28. The summed E-state index contributed by atoms with van der Waals surface area (Å²) in [4.78, 5) is 14.3. The van der Waals surface area contributed by atoms with Gasteiger partial charge in [0.05, 0.1) is 12.9 Å². The highest BCUT2D eigenvalue weighted by Gasteiger charge is 2.35. The van der Waals surface area contributed by atoms with E-state index in [-0.39, 0.29) is 17.0 Å². The third-order valence-electron chi connectivity index (χ3n) is 5.19. The number of nitrogens with zero attached hydrogens (tertiary/aromatic N) is 1. The van der Waals surface area contributed by atoms with E-state index in [1.54, 1.807) is 24.1 Å². The molecular formula is C21H20F3NO3S. The first-order chi connectivity index (χ1) is 13.8. The van der Waals surface area contributed by atoms with Crippen LogP contribution in [0.3, 0.4) is 0 Å². The summed E-state index contributed by atoms with van der Waals surface area (Å²) in [6.07, 6.45) is -1.54. The molecule has 2 aliphatic rings. The molecule has 0 spiro atoms. The van der Waals surface area contributed by atoms with Gasteiger partial charge in [0.2, 0.25) is 5.91 Å². The molecule has 0 saturated carbocycles. The molecule has 2 aromatic rings. The van der Waals surface area contributed by atoms with Crippen molar-refractivity contribution < 1.29 is 27.4 Å². The largest absolute Gasteiger partial charge is 0.573 e. The summed E-state index contributed by atoms with van der Waals surface area (Å²) in [6, 6.07) is 9.85. The van der Waals surface area contributed by atoms with Crippen LogP contribution in [0.1, 0.15) is 34.0 Å². The van der Waals surface area contributed by atoms with Crippen molar-refractivity contribution in [3.8, 4) is 11.5 Å². The Balaban J connectivity index is 1.56. The molecule has 1 heterocycles. The number of ether oxygens (including phenoxy) is 2. The van der Waals surface area contributed by atoms with Crippen LogP contribution in [-0.2, 0) is 24.2 Å². The van der Waals surface area contributed by atoms with Crippen molar-refractivity contribution in [3.05, 3.63) is 58.7 Å². The average Bonchev–Trinajstić information content (AvgIpc) is 3.27. The van der Waals surface area contributed by atoms with E-state index in [9.17, 15) is 18.0 Å². The zero-order valence-corrected chi connectivity index (χ0v) is 16.6. The Morgan fingerprint density at radius 3 is 2.48 bits per heavy atom. The molecule has 4 rings (SSSR count). The van der Waals surface area contributed by atoms with Crippen molar-refractivity contribution in [2.45, 2.75) is 37.5 Å². The molecule has 1 unspecified atom stereocenters. The third kappa shape index (κ3) is 4.32. The zero-order valence-electron chi connectivity index (χ0n) is 15.8. The highest BCUT2D eigenvalue weighted by Crippen LogP contribution is 2.45. The Morgan fingerprint density at radius 2 is 1.83 bits per heavy atom. The zero-order chi connectivity index (χ0) is 20.6. The normalized spacial score (nSPS) is 18.8. The van der Waals surface area contributed by atoms with Crippen molar-refractivity contribution >= 4 is 17.7 Å². The topological polar surface area (TPSA) is 38.8 Å². The van der Waals surface area contributed by atoms with Gasteiger partial charge in [-0.2, -0.15) is 0 Å². The van der Waals surface area contributed by atoms with Gasteiger partial charge in [-0.25, -0.2) is 0 Å². The fourth-order valence-corrected chi connectivity index (χ4v) is 5.07. The summed E-state index contributed by atoms with van der Waals surface area (Å²) in [5, 5.41) is -0.186. The molecule has 0 N–H and O–H groups in total. The number of rotatable bonds is 5. The summed E-state index contributed by atoms with van der Waals surface area (Å²) < 4.78 is 46.5. The Bertz CT molecular complexity index is 915. The van der Waals surface area contributed by atoms with Crippen LogP contribution in [0.2, 0.25) is 0 Å². The van der Waals surface area contributed by atoms with Crippen molar-refractivity contribution in [3.63, 3.8) is 0 Å². The first-order valence-corrected chi connectivity index (χ1v) is 10.3. The second-order valence-electron chi connectivity index (χ2n) is 7.09. The highest BCUT2D eigenvalue weighted by molar-refractivity contribution is 8.00. The maximum atomic E-state index is 12.5. The van der Waals surface area contributed by atoms with Gasteiger partial charge in [-0.15, -0.1) is 24.9 Å². The first kappa shape index (κ1) is 19.9. The lowest BCUT2D eigenvalue weighted by atomic mass is 10.0. The maximum Gasteiger partial charge on any atom is 0.573 e. The monoisotopic (exact) mass is 423 g/mol. The summed E-state index contributed by atoms with van der Waals surface area (Å²) >= 11 is 1.54. The number of alkyl halides is 3. The fraction of sp³-hybridized carbons (Fsp3) is 0.381. The quantitative estimate of drug-likeness (QED) is 0.689. The highest BCUT2D eigenvalue weighted by atomic mass is 32.2. The molecule has 1 atom stereocenters. The summed E-state index contributed by atoms with van der Waals surface area (Å²) in [5.41, 5.74) is 4.31. The maximum absolute atomic E-state index is 12.5. The molecule has 0 aromatic heterocycles. The van der Waals surface area contributed by atoms with Gasteiger partial charge in [-0.1, -0.05) is 12.1 Å². The summed E-state index contributed by atoms with van der Waals surface area (Å²) in [5.74, 6) is 0.857. The van der Waals surface area contributed by atoms with Crippen LogP contribution in [0, 0.1) is 0 Å². The molecule has 4 nitrogen and oxygen atoms in total. The number of methoxy groups -OCH3 is 1. The molecule has 1 fully saturated rings. The standard InChI is InChI=1S/C21H20F3NO3S/c1-27-18-10-15-4-2-3-14(15)9-17(18)20-25(19(26)12-29-20)11-13-5-7-16(8-6-13)28-21(22,23)24/h5-10,20H,2-4,11-12H2,1H3. The number of carbonyl (C=O) groups is 1. The lowest BCUT2D eigenvalue weighted by Gasteiger charge is -2.26. The fourth-order valence-electron chi connectivity index (χ4n) is 3.87. The molecule has 1 aliphatic carbocycles. The van der Waals surface area contributed by atoms with Crippen molar-refractivity contribution in [2.75, 3.05) is 12.9 Å². The van der Waals surface area contributed by atoms with Gasteiger partial charge in [0, 0.05) is 12.1 Å². The SMILES string of the molecule is COc1cc2c(cc1C1SCC(=O)N1Cc1ccc(OC(F)(F)F)cc1)CCC2. The minimum Gasteiger partial charge on any atom is -0.496 e. The number of thioether (sulfide) groups is 1. The van der Waals surface area contributed by atoms with Crippen LogP contribution in [-0.4, -0.2) is 30.0 Å². The number of benzene rings is 2. The van der Waals surface area contributed by atoms with Crippen LogP contribution >= 0.6 is 11.8 Å². The number of amides is 1. The number of carbonyl (C=O) groups excluding carboxylic acids is 1. The van der Waals surface area contributed by atoms with Crippen LogP contribution in [0.5, 0.6) is 11.5 Å². The first-order valence-electron chi connectivity index (χ1n) is 9.29. The van der Waals surface area contributed by atoms with Gasteiger partial charge < -0.3 is 14.4 Å². The predicted octanol–water partition coefficient (Wildman–Crippen LogP) is 4.86. The Hall–Kier alpha value is -2.35. The third-order valence-corrected chi connectivity index (χ3v) is 6.43. The minimum absolute atomic E-state index is 0.00169. The van der Waals surface area contributed by atoms with Gasteiger partial charge in [0.15, 0.2) is 0 Å². The van der Waals surface area contributed by atoms with E-state index in [1.807, 2.05) is 0 Å². The number of hydrogen-bond donors (Lipinski definition) is 0. The van der Waals surface area contributed by atoms with Crippen molar-refractivity contribution in [2.24, 2.45) is 0 Å².